The van der Waals surface area contributed by atoms with Crippen molar-refractivity contribution in [2.24, 2.45) is 5.41 Å². The van der Waals surface area contributed by atoms with Crippen molar-refractivity contribution in [3.8, 4) is 35.1 Å². The topological polar surface area (TPSA) is 66.0 Å². The summed E-state index contributed by atoms with van der Waals surface area (Å²) in [5.41, 5.74) is 8.45. The summed E-state index contributed by atoms with van der Waals surface area (Å²) >= 11 is 0. The van der Waals surface area contributed by atoms with E-state index < -0.39 is 10.8 Å². The van der Waals surface area contributed by atoms with Gasteiger partial charge in [-0.2, -0.15) is 0 Å². The number of ether oxygens (including phenoxy) is 2. The van der Waals surface area contributed by atoms with Gasteiger partial charge >= 0.3 is 0 Å². The van der Waals surface area contributed by atoms with Crippen molar-refractivity contribution in [2.75, 3.05) is 0 Å². The minimum Gasteiger partial charge on any atom is -0.388 e. The lowest BCUT2D eigenvalue weighted by atomic mass is 9.59. The Morgan fingerprint density at radius 3 is 1.65 bits per heavy atom. The first-order valence-electron chi connectivity index (χ1n) is 15.7. The Labute approximate surface area is 272 Å². The second-order valence-electron chi connectivity index (χ2n) is 13.6. The fourth-order valence-corrected chi connectivity index (χ4v) is 7.45. The van der Waals surface area contributed by atoms with Gasteiger partial charge in [0.1, 0.15) is 11.5 Å². The first kappa shape index (κ1) is 30.7. The highest BCUT2D eigenvalue weighted by atomic mass is 16.5. The summed E-state index contributed by atoms with van der Waals surface area (Å²) in [6, 6.07) is 40.3. The van der Waals surface area contributed by atoms with Crippen molar-refractivity contribution in [2.45, 2.75) is 58.3 Å². The van der Waals surface area contributed by atoms with Gasteiger partial charge in [0.25, 0.3) is 12.5 Å². The molecule has 0 bridgehead atoms. The van der Waals surface area contributed by atoms with Crippen molar-refractivity contribution in [1.29, 1.82) is 10.5 Å². The smallest absolute Gasteiger partial charge is 0.292 e. The molecule has 0 aromatic heterocycles. The summed E-state index contributed by atoms with van der Waals surface area (Å²) in [6.45, 7) is 13.2. The molecule has 0 radical (unpaired) electrons. The maximum Gasteiger partial charge on any atom is 0.292 e. The van der Waals surface area contributed by atoms with Crippen molar-refractivity contribution < 1.29 is 9.47 Å². The van der Waals surface area contributed by atoms with Crippen LogP contribution < -0.4 is 9.47 Å². The van der Waals surface area contributed by atoms with Crippen LogP contribution in [0.1, 0.15) is 86.4 Å². The van der Waals surface area contributed by atoms with Crippen LogP contribution in [0.5, 0.6) is 11.5 Å². The standard InChI is InChI=1S/C42H38N2O2/c1-28(2)34-24-30(20-22-38(34)45-26-43)42(35-18-12-10-16-32(35)33-17-11-13-19-36(33)42)31-21-23-39(46-27-44)37(25-31)41(6,40(3,4)5)29-14-8-7-9-15-29/h7-25,28H,1-6H3. The molecule has 0 fully saturated rings. The summed E-state index contributed by atoms with van der Waals surface area (Å²) in [5.74, 6) is 1.23. The van der Waals surface area contributed by atoms with E-state index in [1.807, 2.05) is 30.7 Å². The molecule has 0 spiro atoms. The first-order valence-corrected chi connectivity index (χ1v) is 15.7. The molecule has 0 aliphatic heterocycles. The third-order valence-corrected chi connectivity index (χ3v) is 10.1. The number of nitrogens with zero attached hydrogens (tertiary/aromatic N) is 2. The van der Waals surface area contributed by atoms with E-state index in [9.17, 15) is 10.5 Å². The van der Waals surface area contributed by atoms with Gasteiger partial charge in [-0.3, -0.25) is 0 Å². The van der Waals surface area contributed by atoms with Crippen molar-refractivity contribution in [1.82, 2.24) is 0 Å². The molecule has 1 aliphatic rings. The zero-order chi connectivity index (χ0) is 32.7. The molecule has 46 heavy (non-hydrogen) atoms. The van der Waals surface area contributed by atoms with E-state index in [0.717, 1.165) is 27.8 Å². The Morgan fingerprint density at radius 1 is 0.609 bits per heavy atom. The third-order valence-electron chi connectivity index (χ3n) is 10.1. The largest absolute Gasteiger partial charge is 0.388 e. The predicted molar refractivity (Wildman–Crippen MR) is 183 cm³/mol. The van der Waals surface area contributed by atoms with Crippen molar-refractivity contribution in [3.63, 3.8) is 0 Å². The Kier molecular flexibility index (Phi) is 7.71. The molecule has 0 amide bonds. The van der Waals surface area contributed by atoms with Gasteiger partial charge in [-0.1, -0.05) is 139 Å². The SMILES string of the molecule is CC(C)c1cc(C2(c3ccc(OC#N)c(C(C)(c4ccccc4)C(C)(C)C)c3)c3ccccc3-c3ccccc32)ccc1OC#N. The van der Waals surface area contributed by atoms with Crippen molar-refractivity contribution >= 4 is 0 Å². The predicted octanol–water partition coefficient (Wildman–Crippen LogP) is 10.2. The number of nitriles is 2. The lowest BCUT2D eigenvalue weighted by molar-refractivity contribution is 0.244. The van der Waals surface area contributed by atoms with Crippen LogP contribution in [0.2, 0.25) is 0 Å². The first-order chi connectivity index (χ1) is 22.1. The second kappa shape index (κ2) is 11.6. The maximum atomic E-state index is 9.80. The number of hydrogen-bond donors (Lipinski definition) is 0. The highest BCUT2D eigenvalue weighted by Gasteiger charge is 2.48. The quantitative estimate of drug-likeness (QED) is 0.171. The lowest BCUT2D eigenvalue weighted by Gasteiger charge is -2.44. The average Bonchev–Trinajstić information content (AvgIpc) is 3.36. The Hall–Kier alpha value is -5.32. The highest BCUT2D eigenvalue weighted by Crippen LogP contribution is 2.58. The highest BCUT2D eigenvalue weighted by molar-refractivity contribution is 5.86. The van der Waals surface area contributed by atoms with E-state index in [4.69, 9.17) is 9.47 Å². The molecule has 0 saturated heterocycles. The average molecular weight is 603 g/mol. The van der Waals surface area contributed by atoms with Crippen LogP contribution in [0.3, 0.4) is 0 Å². The molecule has 1 unspecified atom stereocenters. The molecule has 1 atom stereocenters. The van der Waals surface area contributed by atoms with Gasteiger partial charge in [-0.05, 0) is 74.0 Å². The van der Waals surface area contributed by atoms with E-state index in [0.29, 0.717) is 11.5 Å². The van der Waals surface area contributed by atoms with Crippen LogP contribution in [0, 0.1) is 28.4 Å². The van der Waals surface area contributed by atoms with Crippen LogP contribution >= 0.6 is 0 Å². The molecule has 5 aromatic carbocycles. The molecule has 6 rings (SSSR count). The Morgan fingerprint density at radius 2 is 1.11 bits per heavy atom. The van der Waals surface area contributed by atoms with E-state index in [-0.39, 0.29) is 11.3 Å². The molecular formula is C42H38N2O2. The Bertz CT molecular complexity index is 1960. The van der Waals surface area contributed by atoms with Crippen LogP contribution in [0.4, 0.5) is 0 Å². The fourth-order valence-electron chi connectivity index (χ4n) is 7.45. The molecule has 1 aliphatic carbocycles. The molecule has 0 N–H and O–H groups in total. The number of benzene rings is 5. The summed E-state index contributed by atoms with van der Waals surface area (Å²) < 4.78 is 11.2. The molecule has 5 aromatic rings. The molecule has 228 valence electrons. The third kappa shape index (κ3) is 4.57. The fraction of sp³-hybridized carbons (Fsp3) is 0.238. The van der Waals surface area contributed by atoms with Gasteiger partial charge in [0.2, 0.25) is 0 Å². The van der Waals surface area contributed by atoms with Gasteiger partial charge in [0, 0.05) is 11.0 Å². The van der Waals surface area contributed by atoms with Gasteiger partial charge in [-0.15, -0.1) is 10.5 Å². The second-order valence-corrected chi connectivity index (χ2v) is 13.6. The normalized spacial score (nSPS) is 14.4. The summed E-state index contributed by atoms with van der Waals surface area (Å²) in [5, 5.41) is 19.2. The molecule has 0 saturated carbocycles. The Balaban J connectivity index is 1.76. The van der Waals surface area contributed by atoms with E-state index in [1.54, 1.807) is 0 Å². The molecule has 0 heterocycles. The van der Waals surface area contributed by atoms with Crippen molar-refractivity contribution in [3.05, 3.63) is 154 Å². The van der Waals surface area contributed by atoms with E-state index in [2.05, 4.69) is 139 Å². The summed E-state index contributed by atoms with van der Waals surface area (Å²) in [4.78, 5) is 0. The molecule has 4 nitrogen and oxygen atoms in total. The zero-order valence-electron chi connectivity index (χ0n) is 27.3. The van der Waals surface area contributed by atoms with Gasteiger partial charge < -0.3 is 9.47 Å². The minimum atomic E-state index is -0.697. The number of fused-ring (bicyclic) bond motifs is 3. The number of hydrogen-bond acceptors (Lipinski definition) is 4. The number of rotatable bonds is 7. The molecule has 4 heteroatoms. The maximum absolute atomic E-state index is 9.80. The van der Waals surface area contributed by atoms with Gasteiger partial charge in [-0.25, -0.2) is 0 Å². The lowest BCUT2D eigenvalue weighted by Crippen LogP contribution is -2.39. The van der Waals surface area contributed by atoms with Crippen LogP contribution in [0.25, 0.3) is 11.1 Å². The van der Waals surface area contributed by atoms with E-state index in [1.165, 1.54) is 22.3 Å². The summed E-state index contributed by atoms with van der Waals surface area (Å²) in [7, 11) is 0. The van der Waals surface area contributed by atoms with Crippen LogP contribution in [-0.4, -0.2) is 0 Å². The van der Waals surface area contributed by atoms with Crippen LogP contribution in [0.15, 0.2) is 115 Å². The molecular weight excluding hydrogens is 564 g/mol. The monoisotopic (exact) mass is 602 g/mol. The van der Waals surface area contributed by atoms with Crippen LogP contribution in [-0.2, 0) is 10.8 Å². The minimum absolute atomic E-state index is 0.122. The zero-order valence-corrected chi connectivity index (χ0v) is 27.3. The van der Waals surface area contributed by atoms with E-state index >= 15 is 0 Å². The summed E-state index contributed by atoms with van der Waals surface area (Å²) in [6.07, 6.45) is 3.83. The van der Waals surface area contributed by atoms with Gasteiger partial charge in [0.15, 0.2) is 0 Å². The van der Waals surface area contributed by atoms with Gasteiger partial charge in [0.05, 0.1) is 5.41 Å².